The van der Waals surface area contributed by atoms with Gasteiger partial charge in [0, 0.05) is 6.61 Å². The number of hydrogen-bond donors (Lipinski definition) is 3. The molecule has 0 rings (SSSR count). The Morgan fingerprint density at radius 2 is 1.78 bits per heavy atom. The molecule has 0 saturated heterocycles. The fourth-order valence-electron chi connectivity index (χ4n) is 0.0913. The van der Waals surface area contributed by atoms with E-state index in [9.17, 15) is 0 Å². The van der Waals surface area contributed by atoms with Crippen LogP contribution >= 0.6 is 12.4 Å². The summed E-state index contributed by atoms with van der Waals surface area (Å²) in [5.41, 5.74) is 4.98. The van der Waals surface area contributed by atoms with Crippen molar-refractivity contribution in [3.05, 3.63) is 0 Å². The molecule has 4 heteroatoms. The summed E-state index contributed by atoms with van der Waals surface area (Å²) in [6.07, 6.45) is 0.722. The van der Waals surface area contributed by atoms with Crippen LogP contribution in [0.5, 0.6) is 0 Å². The van der Waals surface area contributed by atoms with E-state index in [-0.39, 0.29) is 19.0 Å². The van der Waals surface area contributed by atoms with Crippen molar-refractivity contribution in [2.24, 2.45) is 5.73 Å². The molecule has 0 bridgehead atoms. The monoisotopic (exact) mass is 156 g/mol. The van der Waals surface area contributed by atoms with Gasteiger partial charge in [-0.25, -0.2) is 0 Å². The van der Waals surface area contributed by atoms with E-state index in [1.165, 1.54) is 0 Å². The zero-order chi connectivity index (χ0) is 6.83. The van der Waals surface area contributed by atoms with Gasteiger partial charge in [-0.05, 0) is 27.1 Å². The average Bonchev–Trinajstić information content (AvgIpc) is 1.71. The first kappa shape index (κ1) is 16.1. The maximum absolute atomic E-state index is 7.99. The van der Waals surface area contributed by atoms with Gasteiger partial charge in [-0.15, -0.1) is 12.4 Å². The normalized spacial score (nSPS) is 6.67. The Morgan fingerprint density at radius 1 is 1.44 bits per heavy atom. The first-order valence-electron chi connectivity index (χ1n) is 2.72. The summed E-state index contributed by atoms with van der Waals surface area (Å²) in [6.45, 7) is 0.812. The largest absolute Gasteiger partial charge is 0.396 e. The van der Waals surface area contributed by atoms with E-state index in [1.54, 1.807) is 0 Å². The Morgan fingerprint density at radius 3 is 1.78 bits per heavy atom. The van der Waals surface area contributed by atoms with Crippen molar-refractivity contribution in [3.8, 4) is 0 Å². The molecule has 0 aliphatic heterocycles. The van der Waals surface area contributed by atoms with E-state index in [0.29, 0.717) is 6.54 Å². The van der Waals surface area contributed by atoms with Crippen molar-refractivity contribution < 1.29 is 5.11 Å². The molecular weight excluding hydrogens is 140 g/mol. The summed E-state index contributed by atoms with van der Waals surface area (Å²) in [5.74, 6) is 0. The summed E-state index contributed by atoms with van der Waals surface area (Å²) in [4.78, 5) is 0. The predicted molar refractivity (Wildman–Crippen MR) is 43.0 cm³/mol. The van der Waals surface area contributed by atoms with Crippen LogP contribution in [0, 0.1) is 0 Å². The lowest BCUT2D eigenvalue weighted by atomic mass is 10.5. The van der Waals surface area contributed by atoms with Crippen LogP contribution in [0.25, 0.3) is 0 Å². The minimum atomic E-state index is 0. The highest BCUT2D eigenvalue weighted by Gasteiger charge is 1.69. The number of nitrogens with two attached hydrogens (primary N) is 1. The van der Waals surface area contributed by atoms with Gasteiger partial charge in [0.05, 0.1) is 0 Å². The first-order chi connectivity index (χ1) is 3.83. The molecule has 0 aliphatic rings. The highest BCUT2D eigenvalue weighted by atomic mass is 35.5. The smallest absolute Gasteiger partial charge is 0.0443 e. The van der Waals surface area contributed by atoms with Gasteiger partial charge in [0.25, 0.3) is 0 Å². The van der Waals surface area contributed by atoms with E-state index in [4.69, 9.17) is 10.8 Å². The SMILES string of the molecule is CNC.Cl.NCCCO. The van der Waals surface area contributed by atoms with Gasteiger partial charge >= 0.3 is 0 Å². The van der Waals surface area contributed by atoms with Gasteiger partial charge in [0.2, 0.25) is 0 Å². The quantitative estimate of drug-likeness (QED) is 0.510. The Kier molecular flexibility index (Phi) is 43.2. The number of aliphatic hydroxyl groups excluding tert-OH is 1. The molecule has 0 radical (unpaired) electrons. The van der Waals surface area contributed by atoms with Gasteiger partial charge in [-0.3, -0.25) is 0 Å². The molecule has 9 heavy (non-hydrogen) atoms. The predicted octanol–water partition coefficient (Wildman–Crippen LogP) is -0.415. The molecule has 0 aromatic rings. The minimum absolute atomic E-state index is 0. The summed E-state index contributed by atoms with van der Waals surface area (Å²) in [5, 5.41) is 10.7. The van der Waals surface area contributed by atoms with E-state index >= 15 is 0 Å². The maximum Gasteiger partial charge on any atom is 0.0443 e. The van der Waals surface area contributed by atoms with Crippen LogP contribution in [0.15, 0.2) is 0 Å². The molecule has 0 unspecified atom stereocenters. The van der Waals surface area contributed by atoms with Crippen LogP contribution in [0.1, 0.15) is 6.42 Å². The topological polar surface area (TPSA) is 58.3 Å². The van der Waals surface area contributed by atoms with Crippen LogP contribution in [-0.4, -0.2) is 32.4 Å². The fourth-order valence-corrected chi connectivity index (χ4v) is 0.0913. The Bertz CT molecular complexity index is 28.9. The van der Waals surface area contributed by atoms with Crippen molar-refractivity contribution in [2.75, 3.05) is 27.2 Å². The Balaban J connectivity index is -0.0000000800. The molecule has 0 fully saturated rings. The summed E-state index contributed by atoms with van der Waals surface area (Å²) >= 11 is 0. The van der Waals surface area contributed by atoms with Gasteiger partial charge in [-0.1, -0.05) is 0 Å². The van der Waals surface area contributed by atoms with Gasteiger partial charge in [0.1, 0.15) is 0 Å². The van der Waals surface area contributed by atoms with Crippen molar-refractivity contribution in [2.45, 2.75) is 6.42 Å². The van der Waals surface area contributed by atoms with Crippen LogP contribution in [0.4, 0.5) is 0 Å². The van der Waals surface area contributed by atoms with Gasteiger partial charge in [0.15, 0.2) is 0 Å². The van der Waals surface area contributed by atoms with E-state index in [1.807, 2.05) is 14.1 Å². The van der Waals surface area contributed by atoms with E-state index < -0.39 is 0 Å². The molecule has 0 aliphatic carbocycles. The summed E-state index contributed by atoms with van der Waals surface area (Å²) in [7, 11) is 3.75. The fraction of sp³-hybridized carbons (Fsp3) is 1.00. The first-order valence-corrected chi connectivity index (χ1v) is 2.72. The van der Waals surface area contributed by atoms with Crippen LogP contribution in [0.2, 0.25) is 0 Å². The highest BCUT2D eigenvalue weighted by Crippen LogP contribution is 1.62. The zero-order valence-corrected chi connectivity index (χ0v) is 6.87. The second kappa shape index (κ2) is 24.2. The zero-order valence-electron chi connectivity index (χ0n) is 6.05. The number of rotatable bonds is 2. The number of nitrogens with one attached hydrogen (secondary N) is 1. The molecule has 3 nitrogen and oxygen atoms in total. The number of aliphatic hydroxyl groups is 1. The van der Waals surface area contributed by atoms with E-state index in [2.05, 4.69) is 5.32 Å². The second-order valence-corrected chi connectivity index (χ2v) is 1.37. The summed E-state index contributed by atoms with van der Waals surface area (Å²) < 4.78 is 0. The molecule has 0 aromatic heterocycles. The number of halogens is 1. The molecule has 0 heterocycles. The lowest BCUT2D eigenvalue weighted by molar-refractivity contribution is 0.291. The molecule has 0 aromatic carbocycles. The summed E-state index contributed by atoms with van der Waals surface area (Å²) in [6, 6.07) is 0. The molecule has 0 saturated carbocycles. The molecule has 0 amide bonds. The molecule has 60 valence electrons. The third kappa shape index (κ3) is 66.1. The van der Waals surface area contributed by atoms with Crippen LogP contribution in [-0.2, 0) is 0 Å². The maximum atomic E-state index is 7.99. The van der Waals surface area contributed by atoms with Crippen molar-refractivity contribution in [1.82, 2.24) is 5.32 Å². The molecule has 4 N–H and O–H groups in total. The molecule has 0 spiro atoms. The highest BCUT2D eigenvalue weighted by molar-refractivity contribution is 5.85. The van der Waals surface area contributed by atoms with Crippen LogP contribution in [0.3, 0.4) is 0 Å². The van der Waals surface area contributed by atoms with Gasteiger partial charge in [-0.2, -0.15) is 0 Å². The molecule has 0 atom stereocenters. The average molecular weight is 157 g/mol. The van der Waals surface area contributed by atoms with Crippen molar-refractivity contribution >= 4 is 12.4 Å². The Hall–Kier alpha value is 0.170. The van der Waals surface area contributed by atoms with Crippen molar-refractivity contribution in [3.63, 3.8) is 0 Å². The van der Waals surface area contributed by atoms with Gasteiger partial charge < -0.3 is 16.2 Å². The minimum Gasteiger partial charge on any atom is -0.396 e. The van der Waals surface area contributed by atoms with Crippen LogP contribution < -0.4 is 11.1 Å². The lowest BCUT2D eigenvalue weighted by Crippen LogP contribution is -1.99. The third-order valence-corrected chi connectivity index (χ3v) is 0.362. The van der Waals surface area contributed by atoms with E-state index in [0.717, 1.165) is 6.42 Å². The standard InChI is InChI=1S/C3H9NO.C2H7N.ClH/c4-2-1-3-5;1-3-2;/h5H,1-4H2;3H,1-2H3;1H. The number of hydrogen-bond acceptors (Lipinski definition) is 3. The lowest BCUT2D eigenvalue weighted by Gasteiger charge is -1.80. The third-order valence-electron chi connectivity index (χ3n) is 0.362. The second-order valence-electron chi connectivity index (χ2n) is 1.37. The Labute approximate surface area is 63.0 Å². The van der Waals surface area contributed by atoms with Crippen molar-refractivity contribution in [1.29, 1.82) is 0 Å². The molecular formula is C5H17ClN2O.